The summed E-state index contributed by atoms with van der Waals surface area (Å²) in [6.07, 6.45) is 0.494. The van der Waals surface area contributed by atoms with Crippen molar-refractivity contribution < 1.29 is 24.5 Å². The van der Waals surface area contributed by atoms with Crippen molar-refractivity contribution in [1.82, 2.24) is 0 Å². The second-order valence-electron chi connectivity index (χ2n) is 5.68. The molecule has 0 aliphatic carbocycles. The Morgan fingerprint density at radius 3 is 2.48 bits per heavy atom. The number of carboxylic acids is 1. The van der Waals surface area contributed by atoms with Gasteiger partial charge in [-0.05, 0) is 12.0 Å². The first-order chi connectivity index (χ1) is 12.0. The molecule has 3 rings (SSSR count). The fourth-order valence-electron chi connectivity index (χ4n) is 2.80. The highest BCUT2D eigenvalue weighted by Crippen LogP contribution is 2.32. The number of aromatic hydroxyl groups is 2. The van der Waals surface area contributed by atoms with Crippen molar-refractivity contribution >= 4 is 16.9 Å². The molecule has 0 amide bonds. The summed E-state index contributed by atoms with van der Waals surface area (Å²) in [5, 5.41) is 28.5. The molecule has 6 heteroatoms. The molecular formula is C19H16O6. The van der Waals surface area contributed by atoms with Crippen LogP contribution in [0.4, 0.5) is 0 Å². The van der Waals surface area contributed by atoms with Gasteiger partial charge in [-0.1, -0.05) is 30.3 Å². The van der Waals surface area contributed by atoms with E-state index in [1.807, 2.05) is 6.07 Å². The van der Waals surface area contributed by atoms with Crippen LogP contribution < -0.4 is 5.43 Å². The summed E-state index contributed by atoms with van der Waals surface area (Å²) in [6, 6.07) is 11.2. The van der Waals surface area contributed by atoms with E-state index in [4.69, 9.17) is 9.52 Å². The average molecular weight is 340 g/mol. The first-order valence-electron chi connectivity index (χ1n) is 7.76. The van der Waals surface area contributed by atoms with Gasteiger partial charge in [0.2, 0.25) is 5.43 Å². The zero-order valence-corrected chi connectivity index (χ0v) is 13.2. The first kappa shape index (κ1) is 16.6. The van der Waals surface area contributed by atoms with Crippen LogP contribution in [-0.2, 0) is 11.2 Å². The molecule has 0 unspecified atom stereocenters. The van der Waals surface area contributed by atoms with Crippen LogP contribution in [0.25, 0.3) is 22.1 Å². The lowest BCUT2D eigenvalue weighted by Crippen LogP contribution is -2.10. The van der Waals surface area contributed by atoms with Crippen LogP contribution in [-0.4, -0.2) is 21.3 Å². The molecule has 0 aliphatic rings. The number of carbonyl (C=O) groups is 1. The van der Waals surface area contributed by atoms with Gasteiger partial charge >= 0.3 is 5.97 Å². The summed E-state index contributed by atoms with van der Waals surface area (Å²) in [5.41, 5.74) is 0.554. The third kappa shape index (κ3) is 3.33. The van der Waals surface area contributed by atoms with Crippen LogP contribution in [0, 0.1) is 0 Å². The Hall–Kier alpha value is -3.28. The second-order valence-corrected chi connectivity index (χ2v) is 5.68. The van der Waals surface area contributed by atoms with Crippen molar-refractivity contribution in [2.75, 3.05) is 0 Å². The molecule has 0 saturated carbocycles. The van der Waals surface area contributed by atoms with Gasteiger partial charge in [0.15, 0.2) is 0 Å². The Kier molecular flexibility index (Phi) is 4.43. The minimum absolute atomic E-state index is 0.0152. The molecule has 0 fully saturated rings. The Morgan fingerprint density at radius 1 is 1.08 bits per heavy atom. The number of hydrogen-bond donors (Lipinski definition) is 3. The second kappa shape index (κ2) is 6.68. The van der Waals surface area contributed by atoms with Crippen molar-refractivity contribution in [1.29, 1.82) is 0 Å². The molecule has 0 bridgehead atoms. The minimum atomic E-state index is -0.931. The van der Waals surface area contributed by atoms with Crippen molar-refractivity contribution in [3.8, 4) is 22.6 Å². The minimum Gasteiger partial charge on any atom is -0.508 e. The SMILES string of the molecule is O=C(O)CCCc1oc2cc(O)cc(O)c2c(=O)c1-c1ccccc1. The largest absolute Gasteiger partial charge is 0.508 e. The topological polar surface area (TPSA) is 108 Å². The van der Waals surface area contributed by atoms with Crippen molar-refractivity contribution in [3.63, 3.8) is 0 Å². The highest BCUT2D eigenvalue weighted by molar-refractivity contribution is 5.88. The smallest absolute Gasteiger partial charge is 0.303 e. The number of aryl methyl sites for hydroxylation is 1. The zero-order chi connectivity index (χ0) is 18.0. The van der Waals surface area contributed by atoms with Crippen LogP contribution in [0.2, 0.25) is 0 Å². The summed E-state index contributed by atoms with van der Waals surface area (Å²) in [7, 11) is 0. The van der Waals surface area contributed by atoms with E-state index in [0.717, 1.165) is 6.07 Å². The molecule has 0 spiro atoms. The molecule has 3 N–H and O–H groups in total. The first-order valence-corrected chi connectivity index (χ1v) is 7.76. The van der Waals surface area contributed by atoms with Gasteiger partial charge < -0.3 is 19.7 Å². The number of aliphatic carboxylic acids is 1. The predicted octanol–water partition coefficient (Wildman–Crippen LogP) is 3.28. The van der Waals surface area contributed by atoms with Gasteiger partial charge in [0, 0.05) is 25.0 Å². The summed E-state index contributed by atoms with van der Waals surface area (Å²) >= 11 is 0. The maximum atomic E-state index is 13.0. The van der Waals surface area contributed by atoms with E-state index >= 15 is 0 Å². The highest BCUT2D eigenvalue weighted by atomic mass is 16.4. The third-order valence-electron chi connectivity index (χ3n) is 3.89. The molecule has 0 saturated heterocycles. The van der Waals surface area contributed by atoms with Crippen molar-refractivity contribution in [2.24, 2.45) is 0 Å². The maximum Gasteiger partial charge on any atom is 0.303 e. The molecule has 1 heterocycles. The van der Waals surface area contributed by atoms with Crippen LogP contribution in [0.5, 0.6) is 11.5 Å². The van der Waals surface area contributed by atoms with E-state index in [2.05, 4.69) is 0 Å². The Labute approximate surface area is 142 Å². The molecule has 3 aromatic rings. The van der Waals surface area contributed by atoms with Crippen molar-refractivity contribution in [3.05, 3.63) is 58.4 Å². The van der Waals surface area contributed by atoms with E-state index in [-0.39, 0.29) is 35.3 Å². The van der Waals surface area contributed by atoms with Gasteiger partial charge in [-0.25, -0.2) is 0 Å². The molecule has 2 aromatic carbocycles. The fourth-order valence-corrected chi connectivity index (χ4v) is 2.80. The number of phenolic OH excluding ortho intramolecular Hbond substituents is 2. The Balaban J connectivity index is 2.24. The van der Waals surface area contributed by atoms with Gasteiger partial charge in [-0.3, -0.25) is 9.59 Å². The molecular weight excluding hydrogens is 324 g/mol. The van der Waals surface area contributed by atoms with Gasteiger partial charge in [0.05, 0.1) is 5.56 Å². The van der Waals surface area contributed by atoms with Crippen LogP contribution in [0.1, 0.15) is 18.6 Å². The van der Waals surface area contributed by atoms with E-state index in [9.17, 15) is 19.8 Å². The predicted molar refractivity (Wildman–Crippen MR) is 91.8 cm³/mol. The van der Waals surface area contributed by atoms with Gasteiger partial charge in [0.25, 0.3) is 0 Å². The summed E-state index contributed by atoms with van der Waals surface area (Å²) in [5.74, 6) is -1.19. The lowest BCUT2D eigenvalue weighted by Gasteiger charge is -2.11. The van der Waals surface area contributed by atoms with Crippen molar-refractivity contribution in [2.45, 2.75) is 19.3 Å². The number of fused-ring (bicyclic) bond motifs is 1. The molecule has 0 aliphatic heterocycles. The Morgan fingerprint density at radius 2 is 1.80 bits per heavy atom. The third-order valence-corrected chi connectivity index (χ3v) is 3.89. The van der Waals surface area contributed by atoms with E-state index in [1.54, 1.807) is 24.3 Å². The van der Waals surface area contributed by atoms with E-state index in [1.165, 1.54) is 6.07 Å². The normalized spacial score (nSPS) is 10.9. The van der Waals surface area contributed by atoms with E-state index in [0.29, 0.717) is 23.3 Å². The standard InChI is InChI=1S/C19H16O6/c20-12-9-13(21)18-15(10-12)25-14(7-4-8-16(22)23)17(19(18)24)11-5-2-1-3-6-11/h1-3,5-6,9-10,20-21H,4,7-8H2,(H,22,23). The molecule has 128 valence electrons. The summed E-state index contributed by atoms with van der Waals surface area (Å²) < 4.78 is 5.76. The average Bonchev–Trinajstić information content (AvgIpc) is 2.54. The van der Waals surface area contributed by atoms with Gasteiger partial charge in [-0.2, -0.15) is 0 Å². The molecule has 0 radical (unpaired) electrons. The molecule has 25 heavy (non-hydrogen) atoms. The molecule has 0 atom stereocenters. The van der Waals surface area contributed by atoms with Crippen LogP contribution in [0.15, 0.2) is 51.7 Å². The lowest BCUT2D eigenvalue weighted by atomic mass is 9.99. The van der Waals surface area contributed by atoms with Gasteiger partial charge in [-0.15, -0.1) is 0 Å². The quantitative estimate of drug-likeness (QED) is 0.658. The Bertz CT molecular complexity index is 988. The molecule has 6 nitrogen and oxygen atoms in total. The summed E-state index contributed by atoms with van der Waals surface area (Å²) in [4.78, 5) is 23.7. The van der Waals surface area contributed by atoms with Crippen LogP contribution >= 0.6 is 0 Å². The number of rotatable bonds is 5. The van der Waals surface area contributed by atoms with Crippen LogP contribution in [0.3, 0.4) is 0 Å². The summed E-state index contributed by atoms with van der Waals surface area (Å²) in [6.45, 7) is 0. The number of carboxylic acid groups (broad SMARTS) is 1. The number of benzene rings is 2. The monoisotopic (exact) mass is 340 g/mol. The highest BCUT2D eigenvalue weighted by Gasteiger charge is 2.19. The lowest BCUT2D eigenvalue weighted by molar-refractivity contribution is -0.137. The maximum absolute atomic E-state index is 13.0. The number of hydrogen-bond acceptors (Lipinski definition) is 5. The van der Waals surface area contributed by atoms with Gasteiger partial charge in [0.1, 0.15) is 28.2 Å². The fraction of sp³-hybridized carbons (Fsp3) is 0.158. The van der Waals surface area contributed by atoms with E-state index < -0.39 is 11.4 Å². The zero-order valence-electron chi connectivity index (χ0n) is 13.2. The number of phenols is 2. The molecule has 1 aromatic heterocycles.